The lowest BCUT2D eigenvalue weighted by Gasteiger charge is -2.28. The van der Waals surface area contributed by atoms with Gasteiger partial charge < -0.3 is 15.5 Å². The van der Waals surface area contributed by atoms with Gasteiger partial charge >= 0.3 is 0 Å². The van der Waals surface area contributed by atoms with E-state index in [9.17, 15) is 4.79 Å². The maximum Gasteiger partial charge on any atom is 0.261 e. The number of benzene rings is 1. The van der Waals surface area contributed by atoms with E-state index in [1.807, 2.05) is 54.7 Å². The summed E-state index contributed by atoms with van der Waals surface area (Å²) in [6, 6.07) is 11.9. The summed E-state index contributed by atoms with van der Waals surface area (Å²) in [7, 11) is 4.02. The summed E-state index contributed by atoms with van der Waals surface area (Å²) in [6.07, 6.45) is 4.64. The summed E-state index contributed by atoms with van der Waals surface area (Å²) in [5.41, 5.74) is 0.962. The van der Waals surface area contributed by atoms with Crippen LogP contribution < -0.4 is 15.5 Å². The highest BCUT2D eigenvalue weighted by atomic mass is 32.1. The van der Waals surface area contributed by atoms with Crippen molar-refractivity contribution >= 4 is 39.9 Å². The Labute approximate surface area is 181 Å². The molecule has 0 radical (unpaired) electrons. The second-order valence-electron chi connectivity index (χ2n) is 8.24. The third-order valence-electron chi connectivity index (χ3n) is 5.82. The van der Waals surface area contributed by atoms with Crippen LogP contribution in [0, 0.1) is 11.8 Å². The minimum absolute atomic E-state index is 0.0546. The first kappa shape index (κ1) is 20.6. The van der Waals surface area contributed by atoms with Crippen molar-refractivity contribution in [3.8, 4) is 0 Å². The average Bonchev–Trinajstić information content (AvgIpc) is 3.31. The highest BCUT2D eigenvalue weighted by molar-refractivity contribution is 7.12. The predicted molar refractivity (Wildman–Crippen MR) is 124 cm³/mol. The zero-order chi connectivity index (χ0) is 20.9. The maximum atomic E-state index is 12.1. The quantitative estimate of drug-likeness (QED) is 0.589. The van der Waals surface area contributed by atoms with Gasteiger partial charge in [0.05, 0.1) is 10.4 Å². The molecule has 7 heteroatoms. The first-order valence-electron chi connectivity index (χ1n) is 10.6. The van der Waals surface area contributed by atoms with Crippen molar-refractivity contribution in [3.05, 3.63) is 46.7 Å². The smallest absolute Gasteiger partial charge is 0.261 e. The van der Waals surface area contributed by atoms with E-state index in [4.69, 9.17) is 9.97 Å². The Morgan fingerprint density at radius 3 is 2.47 bits per heavy atom. The van der Waals surface area contributed by atoms with Crippen LogP contribution in [0.2, 0.25) is 0 Å². The molecule has 0 unspecified atom stereocenters. The lowest BCUT2D eigenvalue weighted by molar-refractivity contribution is 0.0945. The second-order valence-corrected chi connectivity index (χ2v) is 9.19. The Balaban J connectivity index is 1.27. The summed E-state index contributed by atoms with van der Waals surface area (Å²) in [4.78, 5) is 24.4. The van der Waals surface area contributed by atoms with Gasteiger partial charge in [-0.05, 0) is 61.1 Å². The minimum Gasteiger partial charge on any atom is -0.362 e. The Morgan fingerprint density at radius 2 is 1.77 bits per heavy atom. The van der Waals surface area contributed by atoms with Gasteiger partial charge in [-0.1, -0.05) is 18.2 Å². The van der Waals surface area contributed by atoms with Gasteiger partial charge in [0.25, 0.3) is 5.91 Å². The van der Waals surface area contributed by atoms with E-state index in [-0.39, 0.29) is 5.91 Å². The molecule has 6 nitrogen and oxygen atoms in total. The molecule has 4 rings (SSSR count). The van der Waals surface area contributed by atoms with Crippen molar-refractivity contribution in [1.82, 2.24) is 15.3 Å². The summed E-state index contributed by atoms with van der Waals surface area (Å²) in [5, 5.41) is 9.57. The number of carbonyl (C=O) groups is 1. The number of para-hydroxylation sites is 1. The van der Waals surface area contributed by atoms with Gasteiger partial charge in [0.2, 0.25) is 5.95 Å². The molecular weight excluding hydrogens is 394 g/mol. The van der Waals surface area contributed by atoms with Crippen LogP contribution >= 0.6 is 11.3 Å². The third kappa shape index (κ3) is 4.90. The van der Waals surface area contributed by atoms with Crippen molar-refractivity contribution in [2.75, 3.05) is 37.4 Å². The fourth-order valence-corrected chi connectivity index (χ4v) is 4.73. The second kappa shape index (κ2) is 9.43. The number of nitrogens with one attached hydrogen (secondary N) is 2. The molecule has 2 N–H and O–H groups in total. The van der Waals surface area contributed by atoms with Gasteiger partial charge in [0.15, 0.2) is 0 Å². The molecule has 1 fully saturated rings. The molecule has 0 atom stereocenters. The average molecular weight is 424 g/mol. The SMILES string of the molecule is CN(C)c1nc(NCC2CCC(CNC(=O)c3cccs3)CC2)nc2ccccc12. The van der Waals surface area contributed by atoms with Crippen molar-refractivity contribution in [3.63, 3.8) is 0 Å². The topological polar surface area (TPSA) is 70.2 Å². The van der Waals surface area contributed by atoms with Crippen LogP contribution in [0.1, 0.15) is 35.4 Å². The summed E-state index contributed by atoms with van der Waals surface area (Å²) >= 11 is 1.49. The maximum absolute atomic E-state index is 12.1. The molecule has 1 amide bonds. The van der Waals surface area contributed by atoms with Crippen molar-refractivity contribution in [1.29, 1.82) is 0 Å². The van der Waals surface area contributed by atoms with Crippen LogP contribution in [0.4, 0.5) is 11.8 Å². The number of hydrogen-bond donors (Lipinski definition) is 2. The van der Waals surface area contributed by atoms with Gasteiger partial charge in [-0.2, -0.15) is 4.98 Å². The van der Waals surface area contributed by atoms with E-state index in [1.165, 1.54) is 24.2 Å². The molecule has 1 aliphatic carbocycles. The monoisotopic (exact) mass is 423 g/mol. The van der Waals surface area contributed by atoms with Crippen LogP contribution in [0.25, 0.3) is 10.9 Å². The molecule has 0 bridgehead atoms. The first-order chi connectivity index (χ1) is 14.6. The van der Waals surface area contributed by atoms with Crippen LogP contribution in [-0.2, 0) is 0 Å². The lowest BCUT2D eigenvalue weighted by Crippen LogP contribution is -2.32. The van der Waals surface area contributed by atoms with Crippen LogP contribution in [0.5, 0.6) is 0 Å². The summed E-state index contributed by atoms with van der Waals surface area (Å²) < 4.78 is 0. The van der Waals surface area contributed by atoms with E-state index in [2.05, 4.69) is 16.7 Å². The number of carbonyl (C=O) groups excluding carboxylic acids is 1. The van der Waals surface area contributed by atoms with Crippen molar-refractivity contribution in [2.24, 2.45) is 11.8 Å². The molecule has 1 aromatic carbocycles. The normalized spacial score (nSPS) is 18.9. The minimum atomic E-state index is 0.0546. The van der Waals surface area contributed by atoms with E-state index < -0.39 is 0 Å². The Bertz CT molecular complexity index is 980. The van der Waals surface area contributed by atoms with Crippen LogP contribution in [-0.4, -0.2) is 43.1 Å². The first-order valence-corrected chi connectivity index (χ1v) is 11.5. The third-order valence-corrected chi connectivity index (χ3v) is 6.69. The molecule has 1 saturated carbocycles. The molecule has 3 aromatic rings. The Hall–Kier alpha value is -2.67. The number of thiophene rings is 1. The lowest BCUT2D eigenvalue weighted by atomic mass is 9.82. The van der Waals surface area contributed by atoms with Crippen molar-refractivity contribution < 1.29 is 4.79 Å². The van der Waals surface area contributed by atoms with Gasteiger partial charge in [-0.25, -0.2) is 4.98 Å². The van der Waals surface area contributed by atoms with Crippen LogP contribution in [0.15, 0.2) is 41.8 Å². The molecule has 1 aliphatic rings. The number of fused-ring (bicyclic) bond motifs is 1. The van der Waals surface area contributed by atoms with Gasteiger partial charge in [-0.15, -0.1) is 11.3 Å². The molecule has 158 valence electrons. The van der Waals surface area contributed by atoms with E-state index in [0.29, 0.717) is 17.8 Å². The number of rotatable bonds is 7. The Morgan fingerprint density at radius 1 is 1.03 bits per heavy atom. The van der Waals surface area contributed by atoms with Crippen molar-refractivity contribution in [2.45, 2.75) is 25.7 Å². The molecular formula is C23H29N5OS. The number of anilines is 2. The zero-order valence-electron chi connectivity index (χ0n) is 17.6. The van der Waals surface area contributed by atoms with Gasteiger partial charge in [0.1, 0.15) is 5.82 Å². The summed E-state index contributed by atoms with van der Waals surface area (Å²) in [6.45, 7) is 1.66. The van der Waals surface area contributed by atoms with E-state index in [0.717, 1.165) is 47.5 Å². The standard InChI is InChI=1S/C23H29N5OS/c1-28(2)21-18-6-3-4-7-19(18)26-23(27-21)25-15-17-11-9-16(10-12-17)14-24-22(29)20-8-5-13-30-20/h3-8,13,16-17H,9-12,14-15H2,1-2H3,(H,24,29)(H,25,26,27). The number of aromatic nitrogens is 2. The fraction of sp³-hybridized carbons (Fsp3) is 0.435. The molecule has 0 aliphatic heterocycles. The molecule has 0 spiro atoms. The molecule has 2 heterocycles. The fourth-order valence-electron chi connectivity index (χ4n) is 4.09. The van der Waals surface area contributed by atoms with E-state index in [1.54, 1.807) is 0 Å². The molecule has 0 saturated heterocycles. The van der Waals surface area contributed by atoms with Gasteiger partial charge in [-0.3, -0.25) is 4.79 Å². The van der Waals surface area contributed by atoms with Gasteiger partial charge in [0, 0.05) is 32.6 Å². The predicted octanol–water partition coefficient (Wildman–Crippen LogP) is 4.41. The number of amides is 1. The largest absolute Gasteiger partial charge is 0.362 e. The zero-order valence-corrected chi connectivity index (χ0v) is 18.4. The van der Waals surface area contributed by atoms with Crippen LogP contribution in [0.3, 0.4) is 0 Å². The number of hydrogen-bond acceptors (Lipinski definition) is 6. The summed E-state index contributed by atoms with van der Waals surface area (Å²) in [5.74, 6) is 2.88. The molecule has 2 aromatic heterocycles. The van der Waals surface area contributed by atoms with E-state index >= 15 is 0 Å². The highest BCUT2D eigenvalue weighted by Gasteiger charge is 2.22. The number of nitrogens with zero attached hydrogens (tertiary/aromatic N) is 3. The highest BCUT2D eigenvalue weighted by Crippen LogP contribution is 2.29. The molecule has 30 heavy (non-hydrogen) atoms. The Kier molecular flexibility index (Phi) is 6.47.